The van der Waals surface area contributed by atoms with Crippen LogP contribution in [0.15, 0.2) is 150 Å². The lowest BCUT2D eigenvalue weighted by Crippen LogP contribution is -2.11. The van der Waals surface area contributed by atoms with Crippen LogP contribution in [0.3, 0.4) is 0 Å². The summed E-state index contributed by atoms with van der Waals surface area (Å²) in [5, 5.41) is 7.24. The van der Waals surface area contributed by atoms with E-state index in [2.05, 4.69) is 144 Å². The van der Waals surface area contributed by atoms with Gasteiger partial charge >= 0.3 is 0 Å². The van der Waals surface area contributed by atoms with E-state index in [0.717, 1.165) is 39.0 Å². The van der Waals surface area contributed by atoms with Crippen LogP contribution in [0.25, 0.3) is 54.6 Å². The van der Waals surface area contributed by atoms with Gasteiger partial charge in [0, 0.05) is 33.8 Å². The number of hydrogen-bond acceptors (Lipinski definition) is 2. The maximum Gasteiger partial charge on any atom is 0.137 e. The number of hydrogen-bond donors (Lipinski definition) is 0. The van der Waals surface area contributed by atoms with Crippen molar-refractivity contribution in [3.63, 3.8) is 0 Å². The largest absolute Gasteiger partial charge is 0.456 e. The van der Waals surface area contributed by atoms with E-state index < -0.39 is 0 Å². The summed E-state index contributed by atoms with van der Waals surface area (Å²) >= 11 is 0. The van der Waals surface area contributed by atoms with E-state index in [-0.39, 0.29) is 0 Å². The van der Waals surface area contributed by atoms with Crippen LogP contribution in [0.5, 0.6) is 0 Å². The zero-order valence-corrected chi connectivity index (χ0v) is 25.1. The third kappa shape index (κ3) is 4.48. The minimum Gasteiger partial charge on any atom is -0.456 e. The average Bonchev–Trinajstić information content (AvgIpc) is 3.77. The minimum atomic E-state index is 0.674. The van der Waals surface area contributed by atoms with Crippen molar-refractivity contribution in [1.29, 1.82) is 0 Å². The fourth-order valence-electron chi connectivity index (χ4n) is 7.53. The van der Waals surface area contributed by atoms with E-state index in [4.69, 9.17) is 4.42 Å². The van der Waals surface area contributed by atoms with Crippen LogP contribution in [0.1, 0.15) is 37.2 Å². The van der Waals surface area contributed by atoms with Gasteiger partial charge < -0.3 is 9.32 Å². The molecule has 0 spiro atoms. The highest BCUT2D eigenvalue weighted by Crippen LogP contribution is 2.46. The molecule has 1 aliphatic rings. The number of fused-ring (bicyclic) bond motifs is 5. The van der Waals surface area contributed by atoms with Crippen LogP contribution in [0.4, 0.5) is 17.1 Å². The second-order valence-corrected chi connectivity index (χ2v) is 12.4. The van der Waals surface area contributed by atoms with Gasteiger partial charge in [0.05, 0.1) is 5.69 Å². The summed E-state index contributed by atoms with van der Waals surface area (Å²) in [6.45, 7) is 0. The molecule has 1 saturated carbocycles. The molecule has 45 heavy (non-hydrogen) atoms. The summed E-state index contributed by atoms with van der Waals surface area (Å²) in [6.07, 6.45) is 5.26. The Morgan fingerprint density at radius 1 is 0.489 bits per heavy atom. The van der Waals surface area contributed by atoms with Crippen molar-refractivity contribution < 1.29 is 4.42 Å². The highest BCUT2D eigenvalue weighted by atomic mass is 16.3. The van der Waals surface area contributed by atoms with Gasteiger partial charge in [-0.15, -0.1) is 0 Å². The van der Waals surface area contributed by atoms with E-state index in [1.165, 1.54) is 63.9 Å². The molecule has 0 radical (unpaired) electrons. The number of para-hydroxylation sites is 1. The molecule has 216 valence electrons. The summed E-state index contributed by atoms with van der Waals surface area (Å²) in [7, 11) is 0. The lowest BCUT2D eigenvalue weighted by Gasteiger charge is -2.29. The van der Waals surface area contributed by atoms with Gasteiger partial charge in [0.25, 0.3) is 0 Å². The molecule has 1 heterocycles. The Hall–Kier alpha value is -5.34. The van der Waals surface area contributed by atoms with Crippen molar-refractivity contribution in [2.45, 2.75) is 31.6 Å². The number of nitrogens with zero attached hydrogens (tertiary/aromatic N) is 1. The van der Waals surface area contributed by atoms with Crippen molar-refractivity contribution in [3.05, 3.63) is 151 Å². The fraction of sp³-hybridized carbons (Fsp3) is 0.116. The van der Waals surface area contributed by atoms with Crippen molar-refractivity contribution in [2.75, 3.05) is 4.90 Å². The van der Waals surface area contributed by atoms with Crippen LogP contribution in [0, 0.1) is 0 Å². The van der Waals surface area contributed by atoms with Crippen molar-refractivity contribution in [2.24, 2.45) is 0 Å². The van der Waals surface area contributed by atoms with Crippen LogP contribution in [0.2, 0.25) is 0 Å². The maximum absolute atomic E-state index is 6.41. The second-order valence-electron chi connectivity index (χ2n) is 12.4. The Bertz CT molecular complexity index is 2340. The molecule has 0 atom stereocenters. The minimum absolute atomic E-state index is 0.674. The number of furan rings is 1. The molecule has 1 aromatic heterocycles. The molecular formula is C43H33NO. The molecule has 0 bridgehead atoms. The molecule has 2 nitrogen and oxygen atoms in total. The summed E-state index contributed by atoms with van der Waals surface area (Å²) in [5.41, 5.74) is 9.07. The molecule has 0 unspecified atom stereocenters. The Labute approximate surface area is 263 Å². The van der Waals surface area contributed by atoms with Crippen LogP contribution in [-0.4, -0.2) is 0 Å². The molecule has 7 aromatic carbocycles. The van der Waals surface area contributed by atoms with Crippen LogP contribution in [-0.2, 0) is 0 Å². The predicted octanol–water partition coefficient (Wildman–Crippen LogP) is 12.7. The van der Waals surface area contributed by atoms with Gasteiger partial charge in [0.15, 0.2) is 0 Å². The topological polar surface area (TPSA) is 16.4 Å². The number of anilines is 3. The Morgan fingerprint density at radius 3 is 2.00 bits per heavy atom. The highest BCUT2D eigenvalue weighted by molar-refractivity contribution is 6.09. The second kappa shape index (κ2) is 10.7. The standard InChI is InChI=1S/C43H33NO/c1-2-10-29(9-1)31-19-22-35(23-20-31)44(36-24-25-39-38-15-7-8-16-41(38)45-42(39)28-36)40-26-21-32-12-5-6-14-37(32)43(40)34-18-17-30-11-3-4-13-33(30)27-34/h3-8,11-29H,1-2,9-10H2. The molecular weight excluding hydrogens is 546 g/mol. The van der Waals surface area contributed by atoms with Gasteiger partial charge in [0.2, 0.25) is 0 Å². The summed E-state index contributed by atoms with van der Waals surface area (Å²) < 4.78 is 6.41. The van der Waals surface area contributed by atoms with Crippen molar-refractivity contribution >= 4 is 60.5 Å². The van der Waals surface area contributed by atoms with Crippen LogP contribution >= 0.6 is 0 Å². The average molecular weight is 580 g/mol. The first-order chi connectivity index (χ1) is 22.3. The molecule has 0 N–H and O–H groups in total. The molecule has 1 fully saturated rings. The van der Waals surface area contributed by atoms with E-state index in [0.29, 0.717) is 5.92 Å². The molecule has 2 heteroatoms. The van der Waals surface area contributed by atoms with Crippen molar-refractivity contribution in [3.8, 4) is 11.1 Å². The van der Waals surface area contributed by atoms with E-state index in [9.17, 15) is 0 Å². The first kappa shape index (κ1) is 26.1. The lowest BCUT2D eigenvalue weighted by atomic mass is 9.93. The summed E-state index contributed by atoms with van der Waals surface area (Å²) in [6, 6.07) is 53.1. The zero-order chi connectivity index (χ0) is 29.7. The highest BCUT2D eigenvalue weighted by Gasteiger charge is 2.22. The summed E-state index contributed by atoms with van der Waals surface area (Å²) in [4.78, 5) is 2.42. The van der Waals surface area contributed by atoms with Gasteiger partial charge in [-0.05, 0) is 93.9 Å². The third-order valence-electron chi connectivity index (χ3n) is 9.78. The maximum atomic E-state index is 6.41. The molecule has 1 aliphatic carbocycles. The Morgan fingerprint density at radius 2 is 1.16 bits per heavy atom. The Balaban J connectivity index is 1.29. The first-order valence-electron chi connectivity index (χ1n) is 16.1. The van der Waals surface area contributed by atoms with Gasteiger partial charge in [-0.1, -0.05) is 110 Å². The van der Waals surface area contributed by atoms with E-state index in [1.54, 1.807) is 0 Å². The SMILES string of the molecule is c1ccc2cc(-c3c(N(c4ccc(C5CCCC5)cc4)c4ccc5c(c4)oc4ccccc45)ccc4ccccc34)ccc2c1. The van der Waals surface area contributed by atoms with Crippen LogP contribution < -0.4 is 4.90 Å². The molecule has 0 saturated heterocycles. The Kier molecular flexibility index (Phi) is 6.19. The fourth-order valence-corrected chi connectivity index (χ4v) is 7.53. The van der Waals surface area contributed by atoms with Gasteiger partial charge in [-0.2, -0.15) is 0 Å². The van der Waals surface area contributed by atoms with Gasteiger partial charge in [0.1, 0.15) is 11.2 Å². The van der Waals surface area contributed by atoms with E-state index >= 15 is 0 Å². The number of rotatable bonds is 5. The first-order valence-corrected chi connectivity index (χ1v) is 16.1. The molecule has 0 aliphatic heterocycles. The lowest BCUT2D eigenvalue weighted by molar-refractivity contribution is 0.669. The zero-order valence-electron chi connectivity index (χ0n) is 25.1. The molecule has 9 rings (SSSR count). The number of benzene rings is 7. The normalized spacial score (nSPS) is 13.8. The van der Waals surface area contributed by atoms with E-state index in [1.807, 2.05) is 6.07 Å². The smallest absolute Gasteiger partial charge is 0.137 e. The quantitative estimate of drug-likeness (QED) is 0.202. The third-order valence-corrected chi connectivity index (χ3v) is 9.78. The molecule has 8 aromatic rings. The van der Waals surface area contributed by atoms with Gasteiger partial charge in [-0.3, -0.25) is 0 Å². The van der Waals surface area contributed by atoms with Crippen molar-refractivity contribution in [1.82, 2.24) is 0 Å². The predicted molar refractivity (Wildman–Crippen MR) is 190 cm³/mol. The van der Waals surface area contributed by atoms with Gasteiger partial charge in [-0.25, -0.2) is 0 Å². The molecule has 0 amide bonds. The summed E-state index contributed by atoms with van der Waals surface area (Å²) in [5.74, 6) is 0.674. The monoisotopic (exact) mass is 579 g/mol.